The first kappa shape index (κ1) is 18.8. The van der Waals surface area contributed by atoms with Gasteiger partial charge >= 0.3 is 0 Å². The van der Waals surface area contributed by atoms with Gasteiger partial charge in [0.05, 0.1) is 0 Å². The van der Waals surface area contributed by atoms with Gasteiger partial charge in [-0.05, 0) is 54.3 Å². The normalized spacial score (nSPS) is 15.0. The first-order chi connectivity index (χ1) is 13.3. The lowest BCUT2D eigenvalue weighted by Crippen LogP contribution is -2.25. The number of hydrogen-bond acceptors (Lipinski definition) is 2. The van der Waals surface area contributed by atoms with Crippen molar-refractivity contribution in [3.63, 3.8) is 0 Å². The minimum absolute atomic E-state index is 0. The molecule has 4 heteroatoms. The van der Waals surface area contributed by atoms with Crippen molar-refractivity contribution in [2.75, 3.05) is 13.1 Å². The number of rotatable bonds is 5. The Kier molecular flexibility index (Phi) is 5.23. The lowest BCUT2D eigenvalue weighted by Gasteiger charge is -2.24. The van der Waals surface area contributed by atoms with Crippen molar-refractivity contribution in [1.29, 1.82) is 0 Å². The summed E-state index contributed by atoms with van der Waals surface area (Å²) >= 11 is 0. The van der Waals surface area contributed by atoms with Crippen LogP contribution in [0.15, 0.2) is 72.6 Å². The van der Waals surface area contributed by atoms with Crippen LogP contribution in [0.3, 0.4) is 0 Å². The second kappa shape index (κ2) is 7.80. The molecule has 0 saturated heterocycles. The summed E-state index contributed by atoms with van der Waals surface area (Å²) in [7, 11) is 0. The fourth-order valence-corrected chi connectivity index (χ4v) is 4.27. The van der Waals surface area contributed by atoms with Crippen molar-refractivity contribution < 1.29 is 4.79 Å². The predicted molar refractivity (Wildman–Crippen MR) is 120 cm³/mol. The van der Waals surface area contributed by atoms with E-state index >= 15 is 0 Å². The molecule has 1 aliphatic carbocycles. The van der Waals surface area contributed by atoms with Crippen molar-refractivity contribution in [2.45, 2.75) is 19.3 Å². The maximum absolute atomic E-state index is 12.7. The Morgan fingerprint density at radius 3 is 2.64 bits per heavy atom. The molecule has 0 fully saturated rings. The molecule has 1 N–H and O–H groups in total. The van der Waals surface area contributed by atoms with Crippen LogP contribution in [-0.4, -0.2) is 28.8 Å². The number of aryl methyl sites for hydroxylation is 1. The zero-order valence-corrected chi connectivity index (χ0v) is 17.4. The van der Waals surface area contributed by atoms with Crippen molar-refractivity contribution in [3.05, 3.63) is 89.3 Å². The van der Waals surface area contributed by atoms with Crippen LogP contribution in [0.4, 0.5) is 0 Å². The van der Waals surface area contributed by atoms with Gasteiger partial charge in [-0.3, -0.25) is 4.79 Å². The summed E-state index contributed by atoms with van der Waals surface area (Å²) in [5.74, 6) is 0.203. The van der Waals surface area contributed by atoms with Crippen LogP contribution in [0, 0.1) is 0 Å². The number of halogens is 1. The van der Waals surface area contributed by atoms with E-state index in [1.165, 1.54) is 16.5 Å². The van der Waals surface area contributed by atoms with E-state index < -0.39 is 0 Å². The molecule has 28 heavy (non-hydrogen) atoms. The van der Waals surface area contributed by atoms with Gasteiger partial charge in [0.15, 0.2) is 5.78 Å². The Labute approximate surface area is 175 Å². The van der Waals surface area contributed by atoms with E-state index in [9.17, 15) is 4.79 Å². The van der Waals surface area contributed by atoms with Gasteiger partial charge in [-0.1, -0.05) is 42.5 Å². The van der Waals surface area contributed by atoms with Crippen LogP contribution in [0.5, 0.6) is 0 Å². The highest BCUT2D eigenvalue weighted by atomic mass is 79.9. The van der Waals surface area contributed by atoms with Gasteiger partial charge in [0.25, 0.3) is 0 Å². The third kappa shape index (κ3) is 3.22. The Hall–Kier alpha value is -2.59. The monoisotopic (exact) mass is 434 g/mol. The molecule has 0 amide bonds. The first-order valence-corrected chi connectivity index (χ1v) is 9.66. The smallest absolute Gasteiger partial charge is 0.192 e. The van der Waals surface area contributed by atoms with Crippen molar-refractivity contribution >= 4 is 39.2 Å². The molecule has 3 aromatic rings. The third-order valence-corrected chi connectivity index (χ3v) is 5.69. The maximum Gasteiger partial charge on any atom is 0.192 e. The van der Waals surface area contributed by atoms with E-state index in [0.717, 1.165) is 54.6 Å². The second-order valence-corrected chi connectivity index (χ2v) is 7.37. The van der Waals surface area contributed by atoms with Gasteiger partial charge in [0.1, 0.15) is 0 Å². The number of para-hydroxylation sites is 1. The summed E-state index contributed by atoms with van der Waals surface area (Å²) < 4.78 is 0. The highest BCUT2D eigenvalue weighted by Gasteiger charge is 2.30. The fourth-order valence-electron chi connectivity index (χ4n) is 4.27. The Morgan fingerprint density at radius 1 is 0.964 bits per heavy atom. The molecule has 2 heterocycles. The molecule has 2 aromatic carbocycles. The number of carbonyl (C=O) groups excluding carboxylic acids is 1. The van der Waals surface area contributed by atoms with Gasteiger partial charge in [-0.15, -0.1) is 17.0 Å². The minimum Gasteiger partial charge on any atom is -0.373 e. The minimum atomic E-state index is 0. The number of ketones is 1. The molecule has 142 valence electrons. The second-order valence-electron chi connectivity index (χ2n) is 7.37. The standard InChI is InChI=1S/C24H22N2O.BrH/c27-24-21-10-2-1-9-19(21)20-12-14-26(16-22(20)24)13-6-5-7-17-15-25-23-11-4-3-8-18(17)23;/h1-4,8-12,14-15,25H,5-7,13,16H2;1H. The van der Waals surface area contributed by atoms with Gasteiger partial charge in [0.2, 0.25) is 0 Å². The summed E-state index contributed by atoms with van der Waals surface area (Å²) in [5, 5.41) is 1.33. The van der Waals surface area contributed by atoms with Crippen LogP contribution >= 0.6 is 17.0 Å². The quantitative estimate of drug-likeness (QED) is 0.534. The molecular weight excluding hydrogens is 412 g/mol. The number of carbonyl (C=O) groups is 1. The number of aromatic amines is 1. The number of nitrogens with zero attached hydrogens (tertiary/aromatic N) is 1. The summed E-state index contributed by atoms with van der Waals surface area (Å²) in [6.07, 6.45) is 9.75. The Balaban J connectivity index is 0.00000192. The number of aromatic nitrogens is 1. The highest BCUT2D eigenvalue weighted by molar-refractivity contribution is 8.93. The highest BCUT2D eigenvalue weighted by Crippen LogP contribution is 2.36. The predicted octanol–water partition coefficient (Wildman–Crippen LogP) is 5.55. The van der Waals surface area contributed by atoms with Crippen molar-refractivity contribution in [1.82, 2.24) is 9.88 Å². The van der Waals surface area contributed by atoms with Crippen LogP contribution in [0.25, 0.3) is 16.5 Å². The van der Waals surface area contributed by atoms with E-state index in [1.807, 2.05) is 18.2 Å². The number of fused-ring (bicyclic) bond motifs is 3. The molecule has 0 atom stereocenters. The average molecular weight is 435 g/mol. The molecule has 0 spiro atoms. The van der Waals surface area contributed by atoms with E-state index in [1.54, 1.807) is 0 Å². The Bertz CT molecular complexity index is 1090. The van der Waals surface area contributed by atoms with E-state index in [-0.39, 0.29) is 22.8 Å². The van der Waals surface area contributed by atoms with Crippen LogP contribution < -0.4 is 0 Å². The lowest BCUT2D eigenvalue weighted by molar-refractivity contribution is 0.103. The summed E-state index contributed by atoms with van der Waals surface area (Å²) in [6.45, 7) is 1.71. The lowest BCUT2D eigenvalue weighted by atomic mass is 10.0. The molecule has 0 bridgehead atoms. The average Bonchev–Trinajstić information content (AvgIpc) is 3.25. The maximum atomic E-state index is 12.7. The van der Waals surface area contributed by atoms with Crippen molar-refractivity contribution in [3.8, 4) is 0 Å². The third-order valence-electron chi connectivity index (χ3n) is 5.69. The summed E-state index contributed by atoms with van der Waals surface area (Å²) in [6, 6.07) is 16.4. The molecule has 2 aliphatic rings. The van der Waals surface area contributed by atoms with Crippen LogP contribution in [0.2, 0.25) is 0 Å². The summed E-state index contributed by atoms with van der Waals surface area (Å²) in [4.78, 5) is 18.3. The zero-order chi connectivity index (χ0) is 18.2. The largest absolute Gasteiger partial charge is 0.373 e. The van der Waals surface area contributed by atoms with E-state index in [0.29, 0.717) is 0 Å². The number of benzene rings is 2. The number of H-pyrrole nitrogens is 1. The SMILES string of the molecule is Br.O=C1C2=C(C=CN(CCCCc3c[nH]c4ccccc34)C2)c2ccccc21. The summed E-state index contributed by atoms with van der Waals surface area (Å²) in [5.41, 5.74) is 6.62. The first-order valence-electron chi connectivity index (χ1n) is 9.66. The number of Topliss-reactive ketones (excluding diaryl/α,β-unsaturated/α-hetero) is 1. The van der Waals surface area contributed by atoms with Crippen molar-refractivity contribution in [2.24, 2.45) is 0 Å². The number of hydrogen-bond donors (Lipinski definition) is 1. The van der Waals surface area contributed by atoms with Crippen LogP contribution in [0.1, 0.15) is 34.3 Å². The topological polar surface area (TPSA) is 36.1 Å². The molecule has 0 radical (unpaired) electrons. The molecule has 1 aliphatic heterocycles. The van der Waals surface area contributed by atoms with Gasteiger partial charge in [-0.25, -0.2) is 0 Å². The van der Waals surface area contributed by atoms with Gasteiger partial charge in [-0.2, -0.15) is 0 Å². The molecular formula is C24H23BrN2O. The Morgan fingerprint density at radius 2 is 1.75 bits per heavy atom. The fraction of sp³-hybridized carbons (Fsp3) is 0.208. The molecule has 5 rings (SSSR count). The van der Waals surface area contributed by atoms with Gasteiger partial charge < -0.3 is 9.88 Å². The number of nitrogens with one attached hydrogen (secondary N) is 1. The molecule has 0 unspecified atom stereocenters. The molecule has 1 aromatic heterocycles. The zero-order valence-electron chi connectivity index (χ0n) is 15.7. The number of allylic oxidation sites excluding steroid dienone is 2. The molecule has 0 saturated carbocycles. The number of unbranched alkanes of at least 4 members (excludes halogenated alkanes) is 1. The van der Waals surface area contributed by atoms with E-state index in [2.05, 4.69) is 58.7 Å². The van der Waals surface area contributed by atoms with Gasteiger partial charge in [0, 0.05) is 41.3 Å². The van der Waals surface area contributed by atoms with Crippen LogP contribution in [-0.2, 0) is 6.42 Å². The van der Waals surface area contributed by atoms with E-state index in [4.69, 9.17) is 0 Å². The molecule has 3 nitrogen and oxygen atoms in total.